The number of carboxylic acid groups (broad SMARTS) is 1. The smallest absolute Gasteiger partial charge is 0.407 e. The second kappa shape index (κ2) is 10.7. The fourth-order valence-electron chi connectivity index (χ4n) is 5.22. The van der Waals surface area contributed by atoms with Crippen LogP contribution in [0.15, 0.2) is 18.2 Å². The predicted octanol–water partition coefficient (Wildman–Crippen LogP) is 0.989. The number of piperazine rings is 1. The summed E-state index contributed by atoms with van der Waals surface area (Å²) in [4.78, 5) is 48.7. The Labute approximate surface area is 224 Å². The Hall–Kier alpha value is -4.43. The van der Waals surface area contributed by atoms with E-state index in [4.69, 9.17) is 10.8 Å². The highest BCUT2D eigenvalue weighted by molar-refractivity contribution is 5.96. The molecule has 1 aromatic carbocycles. The van der Waals surface area contributed by atoms with Gasteiger partial charge in [0.25, 0.3) is 5.91 Å². The number of likely N-dealkylation sites (N-methyl/N-ethyl adjacent to an activating group) is 1. The molecule has 4 heterocycles. The summed E-state index contributed by atoms with van der Waals surface area (Å²) in [5, 5.41) is 20.2. The van der Waals surface area contributed by atoms with E-state index in [2.05, 4.69) is 20.5 Å². The van der Waals surface area contributed by atoms with Gasteiger partial charge in [-0.2, -0.15) is 4.98 Å². The number of primary amides is 1. The number of piperidine rings is 1. The minimum absolute atomic E-state index is 0.00145. The van der Waals surface area contributed by atoms with Gasteiger partial charge >= 0.3 is 12.1 Å². The molecule has 1 unspecified atom stereocenters. The number of nitrogens with two attached hydrogens (primary N) is 1. The number of rotatable bonds is 6. The van der Waals surface area contributed by atoms with Gasteiger partial charge < -0.3 is 40.7 Å². The van der Waals surface area contributed by atoms with Crippen LogP contribution in [0.2, 0.25) is 0 Å². The van der Waals surface area contributed by atoms with Crippen molar-refractivity contribution in [3.05, 3.63) is 29.7 Å². The highest BCUT2D eigenvalue weighted by atomic mass is 19.1. The number of nitrogens with one attached hydrogen (secondary N) is 1. The standard InChI is InChI=1S/C24H31FN10O4/c1-31-7-12-35(23(31)37)16-3-2-6-34(14-16)22-28-21(19(20(26)36)29-30-22)27-15-4-5-18(17(25)13-15)32-8-10-33(11-9-32)24(38)39/h4-5,13,16H,2-3,6-12,14H2,1H3,(H2,26,36)(H,38,39)(H,27,28,30). The van der Waals surface area contributed by atoms with Crippen LogP contribution < -0.4 is 20.9 Å². The number of hydrogen-bond acceptors (Lipinski definition) is 9. The van der Waals surface area contributed by atoms with Crippen molar-refractivity contribution in [2.24, 2.45) is 5.73 Å². The van der Waals surface area contributed by atoms with Crippen molar-refractivity contribution in [3.63, 3.8) is 0 Å². The van der Waals surface area contributed by atoms with E-state index in [0.717, 1.165) is 12.8 Å². The summed E-state index contributed by atoms with van der Waals surface area (Å²) < 4.78 is 15.1. The van der Waals surface area contributed by atoms with E-state index >= 15 is 4.39 Å². The Kier molecular flexibility index (Phi) is 7.21. The molecule has 0 saturated carbocycles. The molecule has 0 aliphatic carbocycles. The number of benzene rings is 1. The second-order valence-corrected chi connectivity index (χ2v) is 9.86. The van der Waals surface area contributed by atoms with Crippen LogP contribution in [0.3, 0.4) is 0 Å². The molecule has 3 fully saturated rings. The molecule has 3 aliphatic heterocycles. The molecular weight excluding hydrogens is 511 g/mol. The van der Waals surface area contributed by atoms with E-state index in [1.165, 1.54) is 11.0 Å². The Balaban J connectivity index is 1.32. The molecule has 0 spiro atoms. The zero-order valence-electron chi connectivity index (χ0n) is 21.6. The first-order valence-electron chi connectivity index (χ1n) is 12.8. The molecule has 15 heteroatoms. The number of amides is 4. The largest absolute Gasteiger partial charge is 0.465 e. The molecule has 5 rings (SSSR count). The number of carbonyl (C=O) groups is 3. The van der Waals surface area contributed by atoms with Crippen LogP contribution in [0.1, 0.15) is 23.3 Å². The molecule has 208 valence electrons. The minimum Gasteiger partial charge on any atom is -0.465 e. The number of anilines is 4. The topological polar surface area (TPSA) is 164 Å². The van der Waals surface area contributed by atoms with Crippen molar-refractivity contribution >= 4 is 41.2 Å². The Morgan fingerprint density at radius 2 is 1.85 bits per heavy atom. The van der Waals surface area contributed by atoms with Crippen molar-refractivity contribution < 1.29 is 23.9 Å². The number of halogens is 1. The molecule has 14 nitrogen and oxygen atoms in total. The number of aromatic nitrogens is 3. The van der Waals surface area contributed by atoms with Crippen LogP contribution in [-0.2, 0) is 0 Å². The first-order chi connectivity index (χ1) is 18.7. The Bertz CT molecular complexity index is 1270. The summed E-state index contributed by atoms with van der Waals surface area (Å²) in [5.41, 5.74) is 6.00. The van der Waals surface area contributed by atoms with Gasteiger partial charge in [0, 0.05) is 65.1 Å². The maximum Gasteiger partial charge on any atom is 0.407 e. The Morgan fingerprint density at radius 3 is 2.49 bits per heavy atom. The lowest BCUT2D eigenvalue weighted by Gasteiger charge is -2.37. The van der Waals surface area contributed by atoms with E-state index in [-0.39, 0.29) is 42.6 Å². The summed E-state index contributed by atoms with van der Waals surface area (Å²) in [6.07, 6.45) is 0.704. The van der Waals surface area contributed by atoms with Crippen LogP contribution in [0.4, 0.5) is 37.1 Å². The molecule has 1 aromatic heterocycles. The zero-order valence-corrected chi connectivity index (χ0v) is 21.6. The normalized spacial score (nSPS) is 20.0. The zero-order chi connectivity index (χ0) is 27.7. The summed E-state index contributed by atoms with van der Waals surface area (Å²) in [5.74, 6) is -1.01. The third-order valence-electron chi connectivity index (χ3n) is 7.38. The lowest BCUT2D eigenvalue weighted by molar-refractivity contribution is 0.0995. The van der Waals surface area contributed by atoms with Gasteiger partial charge in [-0.1, -0.05) is 0 Å². The van der Waals surface area contributed by atoms with E-state index in [9.17, 15) is 14.4 Å². The molecule has 2 aromatic rings. The lowest BCUT2D eigenvalue weighted by atomic mass is 10.0. The first kappa shape index (κ1) is 26.2. The SMILES string of the molecule is CN1CCN(C2CCCN(c3nnc(C(N)=O)c(Nc4ccc(N5CCN(C(=O)O)CC5)c(F)c4)n3)C2)C1=O. The van der Waals surface area contributed by atoms with Crippen molar-refractivity contribution in [3.8, 4) is 0 Å². The molecular formula is C24H31FN10O4. The minimum atomic E-state index is -0.991. The van der Waals surface area contributed by atoms with E-state index < -0.39 is 17.8 Å². The highest BCUT2D eigenvalue weighted by Gasteiger charge is 2.35. The quantitative estimate of drug-likeness (QED) is 0.479. The average molecular weight is 543 g/mol. The summed E-state index contributed by atoms with van der Waals surface area (Å²) in [7, 11) is 1.78. The monoisotopic (exact) mass is 542 g/mol. The van der Waals surface area contributed by atoms with Crippen molar-refractivity contribution in [1.82, 2.24) is 29.9 Å². The van der Waals surface area contributed by atoms with E-state index in [0.29, 0.717) is 50.6 Å². The van der Waals surface area contributed by atoms with Crippen molar-refractivity contribution in [2.75, 3.05) is 74.5 Å². The summed E-state index contributed by atoms with van der Waals surface area (Å²) >= 11 is 0. The number of carbonyl (C=O) groups excluding carboxylic acids is 2. The molecule has 4 N–H and O–H groups in total. The van der Waals surface area contributed by atoms with Crippen molar-refractivity contribution in [2.45, 2.75) is 18.9 Å². The van der Waals surface area contributed by atoms with Gasteiger partial charge in [-0.3, -0.25) is 4.79 Å². The predicted molar refractivity (Wildman–Crippen MR) is 140 cm³/mol. The highest BCUT2D eigenvalue weighted by Crippen LogP contribution is 2.28. The van der Waals surface area contributed by atoms with Gasteiger partial charge in [-0.05, 0) is 31.0 Å². The fraction of sp³-hybridized carbons (Fsp3) is 0.500. The van der Waals surface area contributed by atoms with E-state index in [1.54, 1.807) is 29.0 Å². The molecule has 3 aliphatic rings. The average Bonchev–Trinajstić information content (AvgIpc) is 3.26. The van der Waals surface area contributed by atoms with Crippen molar-refractivity contribution in [1.29, 1.82) is 0 Å². The van der Waals surface area contributed by atoms with Gasteiger partial charge in [-0.25, -0.2) is 14.0 Å². The summed E-state index contributed by atoms with van der Waals surface area (Å²) in [6.45, 7) is 3.84. The van der Waals surface area contributed by atoms with Crippen LogP contribution in [0.25, 0.3) is 0 Å². The summed E-state index contributed by atoms with van der Waals surface area (Å²) in [6, 6.07) is 4.51. The van der Waals surface area contributed by atoms with Gasteiger partial charge in [-0.15, -0.1) is 10.2 Å². The molecule has 1 atom stereocenters. The maximum absolute atomic E-state index is 15.1. The van der Waals surface area contributed by atoms with E-state index in [1.807, 2.05) is 9.80 Å². The number of hydrogen-bond donors (Lipinski definition) is 3. The third kappa shape index (κ3) is 5.42. The second-order valence-electron chi connectivity index (χ2n) is 9.86. The molecule has 0 bridgehead atoms. The van der Waals surface area contributed by atoms with Crippen LogP contribution in [0.5, 0.6) is 0 Å². The van der Waals surface area contributed by atoms with Gasteiger partial charge in [0.15, 0.2) is 11.5 Å². The molecule has 39 heavy (non-hydrogen) atoms. The Morgan fingerprint density at radius 1 is 1.08 bits per heavy atom. The first-order valence-corrected chi connectivity index (χ1v) is 12.8. The third-order valence-corrected chi connectivity index (χ3v) is 7.38. The van der Waals surface area contributed by atoms with Gasteiger partial charge in [0.1, 0.15) is 5.82 Å². The van der Waals surface area contributed by atoms with Crippen LogP contribution in [0, 0.1) is 5.82 Å². The lowest BCUT2D eigenvalue weighted by Crippen LogP contribution is -2.49. The maximum atomic E-state index is 15.1. The number of nitrogens with zero attached hydrogens (tertiary/aromatic N) is 8. The fourth-order valence-corrected chi connectivity index (χ4v) is 5.22. The molecule has 4 amide bonds. The van der Waals surface area contributed by atoms with Gasteiger partial charge in [0.05, 0.1) is 11.7 Å². The molecule has 0 radical (unpaired) electrons. The molecule has 3 saturated heterocycles. The number of urea groups is 1. The van der Waals surface area contributed by atoms with Crippen LogP contribution >= 0.6 is 0 Å². The van der Waals surface area contributed by atoms with Gasteiger partial charge in [0.2, 0.25) is 5.95 Å². The van der Waals surface area contributed by atoms with Crippen LogP contribution in [-0.4, -0.2) is 118 Å².